The summed E-state index contributed by atoms with van der Waals surface area (Å²) in [4.78, 5) is 6.41. The largest absolute Gasteiger partial charge is 0.302 e. The van der Waals surface area contributed by atoms with Gasteiger partial charge in [0.25, 0.3) is 0 Å². The fourth-order valence-corrected chi connectivity index (χ4v) is 5.36. The van der Waals surface area contributed by atoms with Gasteiger partial charge >= 0.3 is 0 Å². The third-order valence-electron chi connectivity index (χ3n) is 4.76. The van der Waals surface area contributed by atoms with Crippen LogP contribution in [0.25, 0.3) is 0 Å². The summed E-state index contributed by atoms with van der Waals surface area (Å²) < 4.78 is 27.3. The Labute approximate surface area is 133 Å². The summed E-state index contributed by atoms with van der Waals surface area (Å²) in [6, 6.07) is 3.82. The van der Waals surface area contributed by atoms with Crippen molar-refractivity contribution in [1.82, 2.24) is 14.2 Å². The minimum absolute atomic E-state index is 0.0488. The van der Waals surface area contributed by atoms with Crippen LogP contribution in [0.1, 0.15) is 37.8 Å². The van der Waals surface area contributed by atoms with Crippen LogP contribution in [0.15, 0.2) is 24.5 Å². The van der Waals surface area contributed by atoms with Crippen LogP contribution < -0.4 is 0 Å². The van der Waals surface area contributed by atoms with Gasteiger partial charge in [0, 0.05) is 25.5 Å². The lowest BCUT2D eigenvalue weighted by Gasteiger charge is -2.25. The van der Waals surface area contributed by atoms with Crippen molar-refractivity contribution in [1.29, 1.82) is 0 Å². The van der Waals surface area contributed by atoms with Gasteiger partial charge in [0.15, 0.2) is 0 Å². The molecule has 5 nitrogen and oxygen atoms in total. The van der Waals surface area contributed by atoms with Gasteiger partial charge in [-0.25, -0.2) is 8.42 Å². The van der Waals surface area contributed by atoms with Crippen molar-refractivity contribution in [3.63, 3.8) is 0 Å². The third-order valence-corrected chi connectivity index (χ3v) is 6.57. The van der Waals surface area contributed by atoms with E-state index in [9.17, 15) is 8.42 Å². The summed E-state index contributed by atoms with van der Waals surface area (Å²) in [5.74, 6) is 0.628. The lowest BCUT2D eigenvalue weighted by atomic mass is 10.0. The molecular formula is C16H25N3O2S. The Morgan fingerprint density at radius 2 is 2.09 bits per heavy atom. The Balaban J connectivity index is 1.72. The Morgan fingerprint density at radius 3 is 2.77 bits per heavy atom. The maximum atomic E-state index is 12.8. The Morgan fingerprint density at radius 1 is 1.32 bits per heavy atom. The molecular weight excluding hydrogens is 298 g/mol. The molecule has 2 saturated heterocycles. The van der Waals surface area contributed by atoms with E-state index in [0.29, 0.717) is 19.0 Å². The molecule has 0 aromatic carbocycles. The lowest BCUT2D eigenvalue weighted by molar-refractivity contribution is 0.348. The predicted molar refractivity (Wildman–Crippen MR) is 86.9 cm³/mol. The van der Waals surface area contributed by atoms with E-state index in [1.54, 1.807) is 16.7 Å². The molecule has 2 aliphatic heterocycles. The van der Waals surface area contributed by atoms with Gasteiger partial charge in [0.2, 0.25) is 10.0 Å². The van der Waals surface area contributed by atoms with E-state index in [0.717, 1.165) is 25.1 Å². The molecule has 0 N–H and O–H groups in total. The SMILES string of the molecule is C[C@@H]1C[C@H](c2cccnc2)N(S(=O)(=O)CCN2CCCC2)C1. The molecule has 0 saturated carbocycles. The number of nitrogens with zero attached hydrogens (tertiary/aromatic N) is 3. The minimum Gasteiger partial charge on any atom is -0.302 e. The third kappa shape index (κ3) is 3.50. The lowest BCUT2D eigenvalue weighted by Crippen LogP contribution is -2.37. The summed E-state index contributed by atoms with van der Waals surface area (Å²) in [5.41, 5.74) is 1.01. The molecule has 0 bridgehead atoms. The molecule has 2 aliphatic rings. The van der Waals surface area contributed by atoms with Gasteiger partial charge < -0.3 is 4.90 Å². The van der Waals surface area contributed by atoms with Crippen LogP contribution in [0.5, 0.6) is 0 Å². The number of hydrogen-bond acceptors (Lipinski definition) is 4. The van der Waals surface area contributed by atoms with E-state index in [2.05, 4.69) is 16.8 Å². The second kappa shape index (κ2) is 6.64. The highest BCUT2D eigenvalue weighted by molar-refractivity contribution is 7.89. The highest BCUT2D eigenvalue weighted by Gasteiger charge is 2.38. The summed E-state index contributed by atoms with van der Waals surface area (Å²) in [5, 5.41) is 0. The Bertz CT molecular complexity index is 585. The van der Waals surface area contributed by atoms with Crippen LogP contribution in [0.4, 0.5) is 0 Å². The molecule has 2 atom stereocenters. The van der Waals surface area contributed by atoms with Crippen LogP contribution >= 0.6 is 0 Å². The van der Waals surface area contributed by atoms with Crippen molar-refractivity contribution in [2.45, 2.75) is 32.2 Å². The van der Waals surface area contributed by atoms with Crippen molar-refractivity contribution in [2.75, 3.05) is 31.9 Å². The summed E-state index contributed by atoms with van der Waals surface area (Å²) in [6.45, 7) is 5.49. The molecule has 1 aromatic heterocycles. The molecule has 0 radical (unpaired) electrons. The Kier molecular flexibility index (Phi) is 4.80. The highest BCUT2D eigenvalue weighted by Crippen LogP contribution is 2.37. The zero-order valence-electron chi connectivity index (χ0n) is 13.2. The van der Waals surface area contributed by atoms with Gasteiger partial charge in [-0.2, -0.15) is 4.31 Å². The zero-order valence-corrected chi connectivity index (χ0v) is 14.0. The first-order valence-corrected chi connectivity index (χ1v) is 9.79. The topological polar surface area (TPSA) is 53.5 Å². The quantitative estimate of drug-likeness (QED) is 0.830. The molecule has 0 spiro atoms. The second-order valence-corrected chi connectivity index (χ2v) is 8.62. The van der Waals surface area contributed by atoms with E-state index in [-0.39, 0.29) is 11.8 Å². The van der Waals surface area contributed by atoms with E-state index in [1.807, 2.05) is 12.1 Å². The van der Waals surface area contributed by atoms with E-state index >= 15 is 0 Å². The molecule has 0 aliphatic carbocycles. The molecule has 122 valence electrons. The van der Waals surface area contributed by atoms with E-state index in [4.69, 9.17) is 0 Å². The van der Waals surface area contributed by atoms with Crippen LogP contribution in [-0.4, -0.2) is 54.5 Å². The monoisotopic (exact) mass is 323 g/mol. The number of likely N-dealkylation sites (tertiary alicyclic amines) is 1. The van der Waals surface area contributed by atoms with Crippen molar-refractivity contribution in [2.24, 2.45) is 5.92 Å². The molecule has 3 rings (SSSR count). The predicted octanol–water partition coefficient (Wildman–Crippen LogP) is 1.89. The molecule has 2 fully saturated rings. The van der Waals surface area contributed by atoms with Gasteiger partial charge in [-0.1, -0.05) is 13.0 Å². The summed E-state index contributed by atoms with van der Waals surface area (Å²) in [7, 11) is -3.21. The van der Waals surface area contributed by atoms with Crippen molar-refractivity contribution >= 4 is 10.0 Å². The number of sulfonamides is 1. The average molecular weight is 323 g/mol. The number of aromatic nitrogens is 1. The maximum absolute atomic E-state index is 12.8. The van der Waals surface area contributed by atoms with Crippen LogP contribution in [-0.2, 0) is 10.0 Å². The van der Waals surface area contributed by atoms with Gasteiger partial charge in [-0.05, 0) is 49.9 Å². The normalized spacial score (nSPS) is 27.5. The molecule has 0 unspecified atom stereocenters. The standard InChI is InChI=1S/C16H25N3O2S/c1-14-11-16(15-5-4-6-17-12-15)19(13-14)22(20,21)10-9-18-7-2-3-8-18/h4-6,12,14,16H,2-3,7-11,13H2,1H3/t14-,16-/m1/s1. The fraction of sp³-hybridized carbons (Fsp3) is 0.688. The number of hydrogen-bond donors (Lipinski definition) is 0. The summed E-state index contributed by atoms with van der Waals surface area (Å²) in [6.07, 6.45) is 6.80. The molecule has 3 heterocycles. The smallest absolute Gasteiger partial charge is 0.215 e. The first-order chi connectivity index (χ1) is 10.6. The number of rotatable bonds is 5. The first kappa shape index (κ1) is 15.9. The molecule has 1 aromatic rings. The van der Waals surface area contributed by atoms with E-state index in [1.165, 1.54) is 12.8 Å². The van der Waals surface area contributed by atoms with Crippen LogP contribution in [0.2, 0.25) is 0 Å². The molecule has 22 heavy (non-hydrogen) atoms. The molecule has 0 amide bonds. The molecule has 6 heteroatoms. The Hall–Kier alpha value is -0.980. The van der Waals surface area contributed by atoms with E-state index < -0.39 is 10.0 Å². The van der Waals surface area contributed by atoms with Gasteiger partial charge in [-0.3, -0.25) is 4.98 Å². The van der Waals surface area contributed by atoms with Gasteiger partial charge in [0.1, 0.15) is 0 Å². The second-order valence-electron chi connectivity index (χ2n) is 6.58. The average Bonchev–Trinajstić information content (AvgIpc) is 3.16. The minimum atomic E-state index is -3.21. The number of pyridine rings is 1. The maximum Gasteiger partial charge on any atom is 0.215 e. The van der Waals surface area contributed by atoms with Gasteiger partial charge in [-0.15, -0.1) is 0 Å². The van der Waals surface area contributed by atoms with Crippen LogP contribution in [0.3, 0.4) is 0 Å². The highest BCUT2D eigenvalue weighted by atomic mass is 32.2. The van der Waals surface area contributed by atoms with Crippen molar-refractivity contribution in [3.8, 4) is 0 Å². The van der Waals surface area contributed by atoms with Crippen molar-refractivity contribution < 1.29 is 8.42 Å². The van der Waals surface area contributed by atoms with Gasteiger partial charge in [0.05, 0.1) is 11.8 Å². The van der Waals surface area contributed by atoms with Crippen LogP contribution in [0, 0.1) is 5.92 Å². The zero-order chi connectivity index (χ0) is 15.6. The first-order valence-electron chi connectivity index (χ1n) is 8.18. The fourth-order valence-electron chi connectivity index (χ4n) is 3.56. The van der Waals surface area contributed by atoms with Crippen molar-refractivity contribution in [3.05, 3.63) is 30.1 Å². The summed E-state index contributed by atoms with van der Waals surface area (Å²) >= 11 is 0.